The number of nitrogens with one attached hydrogen (secondary N) is 3. The molecular formula is C41H56ClN11O2S2. The first-order chi connectivity index (χ1) is 27.5. The summed E-state index contributed by atoms with van der Waals surface area (Å²) in [4.78, 5) is 30.1. The molecule has 2 atom stereocenters. The van der Waals surface area contributed by atoms with E-state index in [1.54, 1.807) is 22.7 Å². The molecule has 57 heavy (non-hydrogen) atoms. The smallest absolute Gasteiger partial charge is 0.324 e. The second-order valence-corrected chi connectivity index (χ2v) is 16.7. The van der Waals surface area contributed by atoms with Gasteiger partial charge in [0.05, 0.1) is 32.5 Å². The number of nitrogens with two attached hydrogens (primary N) is 1. The van der Waals surface area contributed by atoms with Crippen LogP contribution in [0.1, 0.15) is 101 Å². The maximum absolute atomic E-state index is 9.50. The van der Waals surface area contributed by atoms with Crippen LogP contribution in [-0.4, -0.2) is 69.3 Å². The molecule has 306 valence electrons. The van der Waals surface area contributed by atoms with Gasteiger partial charge in [0.25, 0.3) is 0 Å². The van der Waals surface area contributed by atoms with Crippen LogP contribution >= 0.6 is 34.3 Å². The topological polar surface area (TPSA) is 176 Å². The Kier molecular flexibility index (Phi) is 16.2. The second kappa shape index (κ2) is 21.3. The number of aliphatic hydroxyl groups is 1. The van der Waals surface area contributed by atoms with Crippen molar-refractivity contribution in [1.29, 1.82) is 0 Å². The Morgan fingerprint density at radius 3 is 2.58 bits per heavy atom. The highest BCUT2D eigenvalue weighted by atomic mass is 35.5. The van der Waals surface area contributed by atoms with Gasteiger partial charge < -0.3 is 36.1 Å². The summed E-state index contributed by atoms with van der Waals surface area (Å²) in [7, 11) is 3.83. The summed E-state index contributed by atoms with van der Waals surface area (Å²) >= 11 is 9.89. The van der Waals surface area contributed by atoms with E-state index in [0.29, 0.717) is 22.9 Å². The highest BCUT2D eigenvalue weighted by Gasteiger charge is 2.26. The molecule has 4 aromatic heterocycles. The molecule has 0 amide bonds. The van der Waals surface area contributed by atoms with Crippen molar-refractivity contribution in [2.24, 2.45) is 16.6 Å². The minimum Gasteiger partial charge on any atom is -0.431 e. The molecule has 0 aliphatic heterocycles. The number of thiazole rings is 2. The number of anilines is 2. The highest BCUT2D eigenvalue weighted by molar-refractivity contribution is 7.19. The first kappa shape index (κ1) is 43.6. The molecule has 1 unspecified atom stereocenters. The molecule has 1 aliphatic rings. The zero-order valence-corrected chi connectivity index (χ0v) is 36.4. The second-order valence-electron chi connectivity index (χ2n) is 14.3. The molecule has 1 aliphatic carbocycles. The maximum Gasteiger partial charge on any atom is 0.324 e. The van der Waals surface area contributed by atoms with E-state index in [0.717, 1.165) is 92.2 Å². The van der Waals surface area contributed by atoms with Gasteiger partial charge in [-0.25, -0.2) is 19.9 Å². The van der Waals surface area contributed by atoms with Gasteiger partial charge in [-0.05, 0) is 69.1 Å². The number of halogens is 1. The number of hydrogen-bond donors (Lipinski definition) is 5. The van der Waals surface area contributed by atoms with E-state index in [1.807, 2.05) is 50.2 Å². The fourth-order valence-corrected chi connectivity index (χ4v) is 9.03. The predicted molar refractivity (Wildman–Crippen MR) is 238 cm³/mol. The number of aromatic nitrogens is 5. The third kappa shape index (κ3) is 11.7. The fourth-order valence-electron chi connectivity index (χ4n) is 6.40. The van der Waals surface area contributed by atoms with Crippen LogP contribution in [0.3, 0.4) is 0 Å². The van der Waals surface area contributed by atoms with E-state index >= 15 is 0 Å². The fraction of sp³-hybridized carbons (Fsp3) is 0.463. The Balaban J connectivity index is 0.000000219. The Morgan fingerprint density at radius 1 is 1.12 bits per heavy atom. The number of para-hydroxylation sites is 1. The van der Waals surface area contributed by atoms with E-state index in [4.69, 9.17) is 36.7 Å². The molecule has 0 spiro atoms. The molecule has 1 aromatic carbocycles. The maximum atomic E-state index is 9.50. The largest absolute Gasteiger partial charge is 0.431 e. The van der Waals surface area contributed by atoms with Crippen LogP contribution < -0.4 is 26.6 Å². The predicted octanol–water partition coefficient (Wildman–Crippen LogP) is 9.43. The number of rotatable bonds is 16. The van der Waals surface area contributed by atoms with Crippen molar-refractivity contribution in [1.82, 2.24) is 35.6 Å². The molecule has 13 nitrogen and oxygen atoms in total. The lowest BCUT2D eigenvalue weighted by Gasteiger charge is -2.21. The SMILES string of the molecule is C/C=C\c1sc(-c2c(Cl)nc(N(C)C)nc2NCCCCC)nc1C(C)C.CC/C(=C(\N/C(N)=N/c1ncco1)NC1CC[C@@H](CO)C1)c1nc2ccccc2s1. The monoisotopic (exact) mass is 833 g/mol. The van der Waals surface area contributed by atoms with Gasteiger partial charge in [0.1, 0.15) is 33.1 Å². The lowest BCUT2D eigenvalue weighted by molar-refractivity contribution is 0.228. The van der Waals surface area contributed by atoms with Gasteiger partial charge in [-0.3, -0.25) is 0 Å². The number of unbranched alkanes of at least 4 members (excludes halogenated alkanes) is 2. The summed E-state index contributed by atoms with van der Waals surface area (Å²) in [5.41, 5.74) is 10.0. The third-order valence-corrected chi connectivity index (χ3v) is 11.8. The normalized spacial score (nSPS) is 16.2. The lowest BCUT2D eigenvalue weighted by Crippen LogP contribution is -2.40. The van der Waals surface area contributed by atoms with Crippen LogP contribution in [0.4, 0.5) is 17.8 Å². The van der Waals surface area contributed by atoms with E-state index in [1.165, 1.54) is 25.3 Å². The van der Waals surface area contributed by atoms with Gasteiger partial charge in [0, 0.05) is 38.9 Å². The Bertz CT molecular complexity index is 2090. The molecule has 0 saturated heterocycles. The first-order valence-corrected chi connectivity index (χ1v) is 21.7. The van der Waals surface area contributed by atoms with Crippen molar-refractivity contribution in [2.45, 2.75) is 91.5 Å². The molecule has 4 heterocycles. The van der Waals surface area contributed by atoms with Crippen molar-refractivity contribution < 1.29 is 9.52 Å². The van der Waals surface area contributed by atoms with Crippen LogP contribution in [0.25, 0.3) is 32.4 Å². The zero-order valence-electron chi connectivity index (χ0n) is 34.0. The average molecular weight is 835 g/mol. The van der Waals surface area contributed by atoms with Crippen LogP contribution in [0.15, 0.2) is 58.0 Å². The minimum atomic E-state index is 0.184. The number of aliphatic imine (C=N–C) groups is 1. The number of guanidine groups is 1. The standard InChI is InChI=1S/C21H26N6O2S.C20H30ClN5S/c1-2-15(19-25-16-5-3-4-6-17(16)30-19)18(24-14-8-7-13(11-14)12-28)26-20(22)27-21-23-9-10-29-21;1-7-9-10-12-22-18-15(17(21)24-20(25-18)26(5)6)19-23-16(13(3)4)14(27-19)11-8-2/h3-6,9-10,13-14,24,28H,2,7-8,11-12H2,1H3,(H3,22,23,26,27);8,11,13H,7,9-10,12H2,1-6H3,(H,22,24,25)/b18-15+;11-8-/t13-,14?;/m1./s1. The lowest BCUT2D eigenvalue weighted by atomic mass is 10.1. The van der Waals surface area contributed by atoms with Crippen LogP contribution in [0, 0.1) is 5.92 Å². The quantitative estimate of drug-likeness (QED) is 0.0276. The van der Waals surface area contributed by atoms with E-state index in [2.05, 4.69) is 70.7 Å². The van der Waals surface area contributed by atoms with Crippen molar-refractivity contribution in [3.63, 3.8) is 0 Å². The first-order valence-electron chi connectivity index (χ1n) is 19.6. The van der Waals surface area contributed by atoms with Crippen molar-refractivity contribution in [2.75, 3.05) is 37.5 Å². The number of benzene rings is 1. The molecule has 1 saturated carbocycles. The Morgan fingerprint density at radius 2 is 1.93 bits per heavy atom. The molecule has 6 rings (SSSR count). The number of oxazole rings is 1. The highest BCUT2D eigenvalue weighted by Crippen LogP contribution is 2.40. The van der Waals surface area contributed by atoms with Crippen molar-refractivity contribution in [3.8, 4) is 10.6 Å². The number of fused-ring (bicyclic) bond motifs is 1. The van der Waals surface area contributed by atoms with Gasteiger partial charge >= 0.3 is 6.01 Å². The summed E-state index contributed by atoms with van der Waals surface area (Å²) in [6.07, 6.45) is 14.2. The Labute approximate surface area is 349 Å². The Hall–Kier alpha value is -4.57. The van der Waals surface area contributed by atoms with Gasteiger partial charge in [0.15, 0.2) is 0 Å². The molecule has 6 N–H and O–H groups in total. The van der Waals surface area contributed by atoms with Gasteiger partial charge in [-0.1, -0.05) is 70.3 Å². The third-order valence-electron chi connectivity index (χ3n) is 9.33. The average Bonchev–Trinajstić information content (AvgIpc) is 4.02. The summed E-state index contributed by atoms with van der Waals surface area (Å²) in [5.74, 6) is 2.98. The van der Waals surface area contributed by atoms with Crippen molar-refractivity contribution >= 4 is 79.9 Å². The summed E-state index contributed by atoms with van der Waals surface area (Å²) < 4.78 is 6.31. The van der Waals surface area contributed by atoms with E-state index < -0.39 is 0 Å². The molecule has 1 fully saturated rings. The van der Waals surface area contributed by atoms with E-state index in [9.17, 15) is 5.11 Å². The molecule has 16 heteroatoms. The summed E-state index contributed by atoms with van der Waals surface area (Å²) in [6.45, 7) is 11.7. The molecule has 5 aromatic rings. The number of nitrogens with zero attached hydrogens (tertiary/aromatic N) is 7. The summed E-state index contributed by atoms with van der Waals surface area (Å²) in [5, 5.41) is 22.0. The minimum absolute atomic E-state index is 0.184. The molecule has 0 radical (unpaired) electrons. The number of allylic oxidation sites excluding steroid dienone is 2. The number of hydrogen-bond acceptors (Lipinski definition) is 13. The van der Waals surface area contributed by atoms with E-state index in [-0.39, 0.29) is 24.6 Å². The molecular weight excluding hydrogens is 778 g/mol. The van der Waals surface area contributed by atoms with Crippen LogP contribution in [0.5, 0.6) is 0 Å². The van der Waals surface area contributed by atoms with Crippen molar-refractivity contribution in [3.05, 3.63) is 69.4 Å². The molecule has 0 bridgehead atoms. The number of aliphatic hydroxyl groups excluding tert-OH is 1. The van der Waals surface area contributed by atoms with Gasteiger partial charge in [-0.15, -0.1) is 22.7 Å². The van der Waals surface area contributed by atoms with Crippen LogP contribution in [0.2, 0.25) is 5.15 Å². The van der Waals surface area contributed by atoms with Gasteiger partial charge in [-0.2, -0.15) is 9.98 Å². The van der Waals surface area contributed by atoms with Crippen LogP contribution in [-0.2, 0) is 0 Å². The summed E-state index contributed by atoms with van der Waals surface area (Å²) in [6, 6.07) is 8.54. The zero-order chi connectivity index (χ0) is 40.9. The van der Waals surface area contributed by atoms with Gasteiger partial charge in [0.2, 0.25) is 11.9 Å².